The number of benzene rings is 2. The summed E-state index contributed by atoms with van der Waals surface area (Å²) in [7, 11) is 3.35. The van der Waals surface area contributed by atoms with E-state index in [1.165, 1.54) is 0 Å². The van der Waals surface area contributed by atoms with E-state index in [0.29, 0.717) is 24.6 Å². The maximum absolute atomic E-state index is 13.1. The summed E-state index contributed by atoms with van der Waals surface area (Å²) in [5.74, 6) is -0.185. The van der Waals surface area contributed by atoms with Gasteiger partial charge in [-0.05, 0) is 41.7 Å². The van der Waals surface area contributed by atoms with Gasteiger partial charge in [0.1, 0.15) is 0 Å². The SMILES string of the molecule is CC[C@@H](C)c1ccccc1N1C[C@@H](C(=O)N(C)Cc2ccc(C(=O)NC)cc2)CC1=O. The fraction of sp³-hybridized carbons (Fsp3) is 0.400. The molecule has 0 radical (unpaired) electrons. The summed E-state index contributed by atoms with van der Waals surface area (Å²) in [4.78, 5) is 41.0. The molecule has 0 unspecified atom stereocenters. The summed E-state index contributed by atoms with van der Waals surface area (Å²) in [5, 5.41) is 2.59. The molecule has 0 spiro atoms. The molecule has 1 aliphatic heterocycles. The van der Waals surface area contributed by atoms with Crippen molar-refractivity contribution in [2.45, 2.75) is 39.2 Å². The quantitative estimate of drug-likeness (QED) is 0.743. The second-order valence-corrected chi connectivity index (χ2v) is 8.24. The summed E-state index contributed by atoms with van der Waals surface area (Å²) in [6.07, 6.45) is 1.22. The van der Waals surface area contributed by atoms with Crippen LogP contribution in [-0.4, -0.2) is 43.3 Å². The van der Waals surface area contributed by atoms with Gasteiger partial charge in [-0.15, -0.1) is 0 Å². The van der Waals surface area contributed by atoms with Gasteiger partial charge in [-0.2, -0.15) is 0 Å². The van der Waals surface area contributed by atoms with Gasteiger partial charge in [-0.1, -0.05) is 44.2 Å². The molecular formula is C25H31N3O3. The van der Waals surface area contributed by atoms with Gasteiger partial charge in [-0.25, -0.2) is 0 Å². The Hall–Kier alpha value is -3.15. The maximum Gasteiger partial charge on any atom is 0.251 e. The third-order valence-corrected chi connectivity index (χ3v) is 6.08. The van der Waals surface area contributed by atoms with Crippen molar-refractivity contribution in [3.8, 4) is 0 Å². The fourth-order valence-corrected chi connectivity index (χ4v) is 4.05. The molecule has 0 saturated carbocycles. The zero-order chi connectivity index (χ0) is 22.5. The molecule has 0 aromatic heterocycles. The zero-order valence-electron chi connectivity index (χ0n) is 18.7. The number of para-hydroxylation sites is 1. The highest BCUT2D eigenvalue weighted by molar-refractivity contribution is 6.01. The average molecular weight is 422 g/mol. The predicted octanol–water partition coefficient (Wildman–Crippen LogP) is 3.57. The number of hydrogen-bond acceptors (Lipinski definition) is 3. The molecule has 1 aliphatic rings. The number of nitrogens with zero attached hydrogens (tertiary/aromatic N) is 2. The highest BCUT2D eigenvalue weighted by Gasteiger charge is 2.37. The molecule has 3 rings (SSSR count). The molecule has 2 aromatic rings. The average Bonchev–Trinajstić information content (AvgIpc) is 3.19. The predicted molar refractivity (Wildman–Crippen MR) is 122 cm³/mol. The van der Waals surface area contributed by atoms with Crippen molar-refractivity contribution in [2.75, 3.05) is 25.5 Å². The second kappa shape index (κ2) is 9.77. The van der Waals surface area contributed by atoms with Gasteiger partial charge in [0.25, 0.3) is 5.91 Å². The van der Waals surface area contributed by atoms with Crippen LogP contribution in [0.4, 0.5) is 5.69 Å². The summed E-state index contributed by atoms with van der Waals surface area (Å²) in [5.41, 5.74) is 3.59. The van der Waals surface area contributed by atoms with E-state index in [1.54, 1.807) is 36.0 Å². The van der Waals surface area contributed by atoms with E-state index in [0.717, 1.165) is 23.2 Å². The number of amides is 3. The van der Waals surface area contributed by atoms with Crippen LogP contribution >= 0.6 is 0 Å². The van der Waals surface area contributed by atoms with Crippen molar-refractivity contribution >= 4 is 23.4 Å². The van der Waals surface area contributed by atoms with E-state index >= 15 is 0 Å². The smallest absolute Gasteiger partial charge is 0.251 e. The van der Waals surface area contributed by atoms with Crippen molar-refractivity contribution in [1.82, 2.24) is 10.2 Å². The van der Waals surface area contributed by atoms with E-state index in [2.05, 4.69) is 25.2 Å². The Morgan fingerprint density at radius 1 is 1.16 bits per heavy atom. The Morgan fingerprint density at radius 2 is 1.84 bits per heavy atom. The molecule has 1 fully saturated rings. The van der Waals surface area contributed by atoms with Crippen LogP contribution in [0.25, 0.3) is 0 Å². The molecule has 6 heteroatoms. The van der Waals surface area contributed by atoms with Crippen LogP contribution in [0.1, 0.15) is 54.1 Å². The Bertz CT molecular complexity index is 955. The third-order valence-electron chi connectivity index (χ3n) is 6.08. The molecular weight excluding hydrogens is 390 g/mol. The Morgan fingerprint density at radius 3 is 2.48 bits per heavy atom. The van der Waals surface area contributed by atoms with Gasteiger partial charge in [0.2, 0.25) is 11.8 Å². The van der Waals surface area contributed by atoms with Gasteiger partial charge in [0.15, 0.2) is 0 Å². The largest absolute Gasteiger partial charge is 0.355 e. The topological polar surface area (TPSA) is 69.7 Å². The molecule has 0 bridgehead atoms. The van der Waals surface area contributed by atoms with Crippen molar-refractivity contribution in [1.29, 1.82) is 0 Å². The van der Waals surface area contributed by atoms with Crippen LogP contribution in [-0.2, 0) is 16.1 Å². The number of rotatable bonds is 7. The van der Waals surface area contributed by atoms with E-state index in [9.17, 15) is 14.4 Å². The van der Waals surface area contributed by atoms with Gasteiger partial charge >= 0.3 is 0 Å². The van der Waals surface area contributed by atoms with Gasteiger partial charge in [0, 0.05) is 44.9 Å². The Kier molecular flexibility index (Phi) is 7.10. The monoisotopic (exact) mass is 421 g/mol. The van der Waals surface area contributed by atoms with Crippen LogP contribution in [0.5, 0.6) is 0 Å². The summed E-state index contributed by atoms with van der Waals surface area (Å²) >= 11 is 0. The number of anilines is 1. The van der Waals surface area contributed by atoms with Crippen LogP contribution in [0.2, 0.25) is 0 Å². The maximum atomic E-state index is 13.1. The van der Waals surface area contributed by atoms with E-state index in [4.69, 9.17) is 0 Å². The lowest BCUT2D eigenvalue weighted by atomic mass is 9.96. The van der Waals surface area contributed by atoms with Crippen LogP contribution in [0.3, 0.4) is 0 Å². The Balaban J connectivity index is 1.68. The number of hydrogen-bond donors (Lipinski definition) is 1. The first-order chi connectivity index (χ1) is 14.8. The highest BCUT2D eigenvalue weighted by Crippen LogP contribution is 2.34. The molecule has 1 N–H and O–H groups in total. The molecule has 6 nitrogen and oxygen atoms in total. The van der Waals surface area contributed by atoms with E-state index < -0.39 is 0 Å². The van der Waals surface area contributed by atoms with Crippen molar-refractivity contribution in [3.63, 3.8) is 0 Å². The molecule has 1 heterocycles. The summed E-state index contributed by atoms with van der Waals surface area (Å²) in [6.45, 7) is 5.13. The minimum absolute atomic E-state index is 0.00238. The standard InChI is InChI=1S/C25H31N3O3/c1-5-17(2)21-8-6-7-9-22(21)28-16-20(14-23(28)29)25(31)27(4)15-18-10-12-19(13-11-18)24(30)26-3/h6-13,17,20H,5,14-16H2,1-4H3,(H,26,30)/t17-,20+/m1/s1. The van der Waals surface area contributed by atoms with Crippen LogP contribution in [0.15, 0.2) is 48.5 Å². The first-order valence-electron chi connectivity index (χ1n) is 10.8. The van der Waals surface area contributed by atoms with Crippen molar-refractivity contribution < 1.29 is 14.4 Å². The first-order valence-corrected chi connectivity index (χ1v) is 10.8. The normalized spacial score (nSPS) is 16.8. The Labute approximate surface area is 184 Å². The van der Waals surface area contributed by atoms with Gasteiger partial charge in [0.05, 0.1) is 5.92 Å². The minimum Gasteiger partial charge on any atom is -0.355 e. The van der Waals surface area contributed by atoms with Crippen LogP contribution < -0.4 is 10.2 Å². The third kappa shape index (κ3) is 4.95. The molecule has 3 amide bonds. The van der Waals surface area contributed by atoms with E-state index in [-0.39, 0.29) is 30.1 Å². The molecule has 2 aromatic carbocycles. The lowest BCUT2D eigenvalue weighted by molar-refractivity contribution is -0.135. The molecule has 164 valence electrons. The fourth-order valence-electron chi connectivity index (χ4n) is 4.05. The van der Waals surface area contributed by atoms with Gasteiger partial charge in [-0.3, -0.25) is 14.4 Å². The molecule has 31 heavy (non-hydrogen) atoms. The lowest BCUT2D eigenvalue weighted by Crippen LogP contribution is -2.34. The van der Waals surface area contributed by atoms with E-state index in [1.807, 2.05) is 30.3 Å². The number of carbonyl (C=O) groups excluding carboxylic acids is 3. The lowest BCUT2D eigenvalue weighted by Gasteiger charge is -2.24. The minimum atomic E-state index is -0.354. The van der Waals surface area contributed by atoms with Crippen LogP contribution in [0, 0.1) is 5.92 Å². The molecule has 2 atom stereocenters. The summed E-state index contributed by atoms with van der Waals surface area (Å²) in [6, 6.07) is 15.2. The number of carbonyl (C=O) groups is 3. The molecule has 0 aliphatic carbocycles. The van der Waals surface area contributed by atoms with Crippen molar-refractivity contribution in [3.05, 3.63) is 65.2 Å². The summed E-state index contributed by atoms with van der Waals surface area (Å²) < 4.78 is 0. The second-order valence-electron chi connectivity index (χ2n) is 8.24. The van der Waals surface area contributed by atoms with Gasteiger partial charge < -0.3 is 15.1 Å². The molecule has 1 saturated heterocycles. The first kappa shape index (κ1) is 22.5. The number of nitrogens with one attached hydrogen (secondary N) is 1. The highest BCUT2D eigenvalue weighted by atomic mass is 16.2. The zero-order valence-corrected chi connectivity index (χ0v) is 18.7. The van der Waals surface area contributed by atoms with Crippen molar-refractivity contribution in [2.24, 2.45) is 5.92 Å².